The van der Waals surface area contributed by atoms with Gasteiger partial charge in [-0.1, -0.05) is 92.8 Å². The smallest absolute Gasteiger partial charge is 0.338 e. The molecule has 0 aromatic heterocycles. The molecule has 192 valence electrons. The lowest BCUT2D eigenvalue weighted by Gasteiger charge is -2.16. The first-order chi connectivity index (χ1) is 16.4. The maximum atomic E-state index is 12.6. The molecule has 1 amide bonds. The van der Waals surface area contributed by atoms with E-state index in [0.29, 0.717) is 12.0 Å². The van der Waals surface area contributed by atoms with E-state index in [1.165, 1.54) is 0 Å². The minimum Gasteiger partial charge on any atom is -0.478 e. The predicted octanol–water partition coefficient (Wildman–Crippen LogP) is 7.44. The third kappa shape index (κ3) is 7.10. The Labute approximate surface area is 239 Å². The monoisotopic (exact) mass is 646 g/mol. The number of amides is 1. The van der Waals surface area contributed by atoms with Crippen LogP contribution in [0.1, 0.15) is 38.3 Å². The van der Waals surface area contributed by atoms with E-state index in [0.717, 1.165) is 0 Å². The van der Waals surface area contributed by atoms with E-state index < -0.39 is 28.0 Å². The average molecular weight is 650 g/mol. The highest BCUT2D eigenvalue weighted by molar-refractivity contribution is 6.54. The van der Waals surface area contributed by atoms with Crippen LogP contribution < -0.4 is 10.8 Å². The summed E-state index contributed by atoms with van der Waals surface area (Å²) >= 11 is 48.2. The number of hydrogen-bond donors (Lipinski definition) is 4. The first-order valence-electron chi connectivity index (χ1n) is 9.27. The Morgan fingerprint density at radius 3 is 1.69 bits per heavy atom. The number of hydrogen-bond acceptors (Lipinski definition) is 6. The Balaban J connectivity index is 1.95. The van der Waals surface area contributed by atoms with Crippen molar-refractivity contribution in [2.75, 3.05) is 13.1 Å². The van der Waals surface area contributed by atoms with Crippen molar-refractivity contribution >= 4 is 105 Å². The number of halogens is 8. The number of carbonyl (C=O) groups excluding carboxylic acids is 1. The van der Waals surface area contributed by atoms with E-state index in [9.17, 15) is 14.7 Å². The summed E-state index contributed by atoms with van der Waals surface area (Å²) in [6.45, 7) is -0.0640. The van der Waals surface area contributed by atoms with Gasteiger partial charge < -0.3 is 10.4 Å². The second-order valence-electron chi connectivity index (χ2n) is 6.59. The summed E-state index contributed by atoms with van der Waals surface area (Å²) in [7, 11) is 0. The van der Waals surface area contributed by atoms with Crippen LogP contribution in [0.5, 0.6) is 0 Å². The maximum absolute atomic E-state index is 12.6. The summed E-state index contributed by atoms with van der Waals surface area (Å²) in [5.74, 6) is -2.30. The van der Waals surface area contributed by atoms with Crippen molar-refractivity contribution in [3.05, 3.63) is 62.4 Å². The second-order valence-corrected chi connectivity index (χ2v) is 9.61. The minimum absolute atomic E-state index is 0.00672. The minimum atomic E-state index is -1.50. The molecule has 0 unspecified atom stereocenters. The van der Waals surface area contributed by atoms with Gasteiger partial charge in [-0.05, 0) is 6.42 Å². The molecule has 0 bridgehead atoms. The number of carboxylic acid groups (broad SMARTS) is 1. The zero-order chi connectivity index (χ0) is 26.4. The van der Waals surface area contributed by atoms with Crippen LogP contribution >= 0.6 is 92.8 Å². The Bertz CT molecular complexity index is 1150. The van der Waals surface area contributed by atoms with Crippen LogP contribution in [-0.4, -0.2) is 35.3 Å². The van der Waals surface area contributed by atoms with Crippen LogP contribution in [0.3, 0.4) is 0 Å². The fourth-order valence-electron chi connectivity index (χ4n) is 2.78. The standard InChI is InChI=1S/C19H14Cl8N2O6/c20-10-6(7(5-35-33)11(21)15(25)14(10)24)4-34-29-3-1-2-28-18(30)8-9(19(31)32)13(23)17(27)16(26)12(8)22/h29,33H,1-5H2,(H,28,30)(H,31,32). The Morgan fingerprint density at radius 2 is 1.17 bits per heavy atom. The molecule has 0 radical (unpaired) electrons. The lowest BCUT2D eigenvalue weighted by Crippen LogP contribution is -2.29. The molecule has 0 atom stereocenters. The van der Waals surface area contributed by atoms with Gasteiger partial charge in [-0.25, -0.2) is 15.2 Å². The van der Waals surface area contributed by atoms with Crippen molar-refractivity contribution in [2.24, 2.45) is 0 Å². The molecular formula is C19H14Cl8N2O6. The molecule has 8 nitrogen and oxygen atoms in total. The lowest BCUT2D eigenvalue weighted by molar-refractivity contribution is -0.253. The first kappa shape index (κ1) is 30.8. The molecule has 0 saturated heterocycles. The molecule has 2 aromatic rings. The number of carbonyl (C=O) groups is 2. The molecule has 2 aromatic carbocycles. The molecule has 0 aliphatic carbocycles. The Kier molecular flexibility index (Phi) is 12.2. The summed E-state index contributed by atoms with van der Waals surface area (Å²) in [5, 5.41) is 19.6. The SMILES string of the molecule is O=C(O)c1c(Cl)c(Cl)c(Cl)c(Cl)c1C(=O)NCCCNOCc1c(Cl)c(Cl)c(Cl)c(Cl)c1COO. The Hall–Kier alpha value is -0.460. The number of benzene rings is 2. The van der Waals surface area contributed by atoms with E-state index >= 15 is 0 Å². The van der Waals surface area contributed by atoms with Gasteiger partial charge in [0.2, 0.25) is 0 Å². The predicted molar refractivity (Wildman–Crippen MR) is 137 cm³/mol. The van der Waals surface area contributed by atoms with Crippen molar-refractivity contribution < 1.29 is 29.7 Å². The van der Waals surface area contributed by atoms with Gasteiger partial charge in [-0.2, -0.15) is 0 Å². The van der Waals surface area contributed by atoms with Crippen molar-refractivity contribution in [2.45, 2.75) is 19.6 Å². The highest BCUT2D eigenvalue weighted by Crippen LogP contribution is 2.43. The molecule has 0 saturated carbocycles. The van der Waals surface area contributed by atoms with Crippen LogP contribution in [0.4, 0.5) is 0 Å². The average Bonchev–Trinajstić information content (AvgIpc) is 2.82. The second kappa shape index (κ2) is 13.9. The topological polar surface area (TPSA) is 117 Å². The maximum Gasteiger partial charge on any atom is 0.338 e. The fourth-order valence-corrected chi connectivity index (χ4v) is 4.84. The van der Waals surface area contributed by atoms with Crippen LogP contribution in [0.2, 0.25) is 40.2 Å². The van der Waals surface area contributed by atoms with Gasteiger partial charge >= 0.3 is 5.97 Å². The highest BCUT2D eigenvalue weighted by atomic mass is 35.5. The van der Waals surface area contributed by atoms with Crippen LogP contribution in [0.15, 0.2) is 0 Å². The van der Waals surface area contributed by atoms with Crippen molar-refractivity contribution in [3.63, 3.8) is 0 Å². The number of hydroxylamine groups is 1. The van der Waals surface area contributed by atoms with Crippen molar-refractivity contribution in [3.8, 4) is 0 Å². The number of carboxylic acids is 1. The number of rotatable bonds is 11. The van der Waals surface area contributed by atoms with E-state index in [1.807, 2.05) is 0 Å². The van der Waals surface area contributed by atoms with E-state index in [-0.39, 0.29) is 67.0 Å². The number of nitrogens with one attached hydrogen (secondary N) is 2. The molecule has 2 rings (SSSR count). The number of aromatic carboxylic acids is 1. The summed E-state index contributed by atoms with van der Waals surface area (Å²) in [6, 6.07) is 0. The molecule has 0 aliphatic heterocycles. The highest BCUT2D eigenvalue weighted by Gasteiger charge is 2.28. The van der Waals surface area contributed by atoms with E-state index in [2.05, 4.69) is 15.7 Å². The molecule has 0 fully saturated rings. The molecule has 35 heavy (non-hydrogen) atoms. The van der Waals surface area contributed by atoms with Gasteiger partial charge in [0.25, 0.3) is 5.91 Å². The first-order valence-corrected chi connectivity index (χ1v) is 12.3. The van der Waals surface area contributed by atoms with Gasteiger partial charge in [0.1, 0.15) is 6.61 Å². The fraction of sp³-hybridized carbons (Fsp3) is 0.263. The molecule has 4 N–H and O–H groups in total. The van der Waals surface area contributed by atoms with Gasteiger partial charge in [0, 0.05) is 24.2 Å². The molecule has 16 heteroatoms. The van der Waals surface area contributed by atoms with Crippen molar-refractivity contribution in [1.82, 2.24) is 10.8 Å². The Morgan fingerprint density at radius 1 is 0.686 bits per heavy atom. The summed E-state index contributed by atoms with van der Waals surface area (Å²) in [5.41, 5.74) is 2.30. The summed E-state index contributed by atoms with van der Waals surface area (Å²) in [6.07, 6.45) is 0.350. The third-order valence-electron chi connectivity index (χ3n) is 4.45. The normalized spacial score (nSPS) is 11.1. The zero-order valence-electron chi connectivity index (χ0n) is 17.1. The van der Waals surface area contributed by atoms with Gasteiger partial charge in [0.15, 0.2) is 0 Å². The molecule has 0 heterocycles. The van der Waals surface area contributed by atoms with Gasteiger partial charge in [0.05, 0.1) is 57.9 Å². The molecular weight excluding hydrogens is 636 g/mol. The summed E-state index contributed by atoms with van der Waals surface area (Å²) in [4.78, 5) is 33.6. The van der Waals surface area contributed by atoms with Crippen LogP contribution in [-0.2, 0) is 22.9 Å². The third-order valence-corrected chi connectivity index (χ3v) is 8.13. The van der Waals surface area contributed by atoms with Crippen LogP contribution in [0.25, 0.3) is 0 Å². The molecule has 0 spiro atoms. The quantitative estimate of drug-likeness (QED) is 0.0657. The van der Waals surface area contributed by atoms with Crippen molar-refractivity contribution in [1.29, 1.82) is 0 Å². The van der Waals surface area contributed by atoms with Gasteiger partial charge in [-0.3, -0.25) is 14.9 Å². The van der Waals surface area contributed by atoms with Gasteiger partial charge in [-0.15, -0.1) is 0 Å². The largest absolute Gasteiger partial charge is 0.478 e. The van der Waals surface area contributed by atoms with E-state index in [1.54, 1.807) is 0 Å². The zero-order valence-corrected chi connectivity index (χ0v) is 23.1. The van der Waals surface area contributed by atoms with Crippen LogP contribution in [0, 0.1) is 0 Å². The lowest BCUT2D eigenvalue weighted by atomic mass is 10.1. The van der Waals surface area contributed by atoms with E-state index in [4.69, 9.17) is 103 Å². The summed E-state index contributed by atoms with van der Waals surface area (Å²) < 4.78 is 0. The molecule has 0 aliphatic rings.